The van der Waals surface area contributed by atoms with E-state index in [2.05, 4.69) is 27.0 Å². The van der Waals surface area contributed by atoms with Crippen LogP contribution in [0.2, 0.25) is 0 Å². The molecule has 0 aliphatic heterocycles. The highest BCUT2D eigenvalue weighted by atomic mass is 79.9. The molecule has 94 valence electrons. The SMILES string of the molecule is Nc1ccc(Oc2ccc3cc(Br)ccc3c2)nc1. The number of rotatable bonds is 2. The van der Waals surface area contributed by atoms with E-state index < -0.39 is 0 Å². The summed E-state index contributed by atoms with van der Waals surface area (Å²) in [5.41, 5.74) is 6.21. The van der Waals surface area contributed by atoms with Crippen molar-refractivity contribution in [3.05, 3.63) is 59.2 Å². The minimum absolute atomic E-state index is 0.533. The zero-order chi connectivity index (χ0) is 13.2. The predicted molar refractivity (Wildman–Crippen MR) is 80.4 cm³/mol. The van der Waals surface area contributed by atoms with Crippen LogP contribution in [0.4, 0.5) is 5.69 Å². The van der Waals surface area contributed by atoms with Gasteiger partial charge in [-0.1, -0.05) is 28.1 Å². The van der Waals surface area contributed by atoms with Gasteiger partial charge in [0.2, 0.25) is 5.88 Å². The summed E-state index contributed by atoms with van der Waals surface area (Å²) in [4.78, 5) is 4.11. The third-order valence-corrected chi connectivity index (χ3v) is 3.25. The summed E-state index contributed by atoms with van der Waals surface area (Å²) in [7, 11) is 0. The van der Waals surface area contributed by atoms with E-state index in [1.54, 1.807) is 18.3 Å². The van der Waals surface area contributed by atoms with E-state index in [1.807, 2.05) is 30.3 Å². The molecule has 1 aromatic heterocycles. The van der Waals surface area contributed by atoms with Gasteiger partial charge in [-0.2, -0.15) is 0 Å². The van der Waals surface area contributed by atoms with Crippen LogP contribution in [0.15, 0.2) is 59.2 Å². The van der Waals surface area contributed by atoms with Gasteiger partial charge in [0, 0.05) is 10.5 Å². The summed E-state index contributed by atoms with van der Waals surface area (Å²) in [5.74, 6) is 1.29. The van der Waals surface area contributed by atoms with Crippen LogP contribution in [-0.4, -0.2) is 4.98 Å². The molecule has 0 atom stereocenters. The molecular weight excluding hydrogens is 304 g/mol. The minimum Gasteiger partial charge on any atom is -0.439 e. The van der Waals surface area contributed by atoms with Crippen molar-refractivity contribution >= 4 is 32.4 Å². The molecule has 0 saturated carbocycles. The van der Waals surface area contributed by atoms with Crippen molar-refractivity contribution in [2.24, 2.45) is 0 Å². The van der Waals surface area contributed by atoms with Crippen molar-refractivity contribution in [1.29, 1.82) is 0 Å². The van der Waals surface area contributed by atoms with Gasteiger partial charge in [-0.15, -0.1) is 0 Å². The zero-order valence-corrected chi connectivity index (χ0v) is 11.6. The van der Waals surface area contributed by atoms with Crippen LogP contribution in [-0.2, 0) is 0 Å². The normalized spacial score (nSPS) is 10.6. The fraction of sp³-hybridized carbons (Fsp3) is 0. The maximum atomic E-state index is 5.69. The van der Waals surface area contributed by atoms with E-state index in [9.17, 15) is 0 Å². The van der Waals surface area contributed by atoms with Gasteiger partial charge in [0.25, 0.3) is 0 Å². The van der Waals surface area contributed by atoms with Gasteiger partial charge in [0.1, 0.15) is 5.75 Å². The number of hydrogen-bond donors (Lipinski definition) is 1. The Morgan fingerprint density at radius 2 is 1.74 bits per heavy atom. The molecule has 2 aromatic carbocycles. The molecular formula is C15H11BrN2O. The second-order valence-corrected chi connectivity index (χ2v) is 5.10. The zero-order valence-electron chi connectivity index (χ0n) is 10.0. The van der Waals surface area contributed by atoms with Crippen LogP contribution < -0.4 is 10.5 Å². The number of halogens is 1. The number of benzene rings is 2. The van der Waals surface area contributed by atoms with Gasteiger partial charge >= 0.3 is 0 Å². The molecule has 0 aliphatic rings. The predicted octanol–water partition coefficient (Wildman–Crippen LogP) is 4.37. The van der Waals surface area contributed by atoms with Gasteiger partial charge in [-0.05, 0) is 41.1 Å². The molecule has 3 nitrogen and oxygen atoms in total. The Balaban J connectivity index is 1.93. The van der Waals surface area contributed by atoms with Crippen molar-refractivity contribution in [1.82, 2.24) is 4.98 Å². The maximum Gasteiger partial charge on any atom is 0.219 e. The summed E-state index contributed by atoms with van der Waals surface area (Å²) >= 11 is 3.46. The number of aromatic nitrogens is 1. The topological polar surface area (TPSA) is 48.1 Å². The number of nitrogens with zero attached hydrogens (tertiary/aromatic N) is 1. The molecule has 19 heavy (non-hydrogen) atoms. The molecule has 0 fully saturated rings. The summed E-state index contributed by atoms with van der Waals surface area (Å²) in [5, 5.41) is 2.28. The summed E-state index contributed by atoms with van der Waals surface area (Å²) < 4.78 is 6.76. The second kappa shape index (κ2) is 4.90. The number of ether oxygens (including phenoxy) is 1. The highest BCUT2D eigenvalue weighted by Crippen LogP contribution is 2.26. The molecule has 0 aliphatic carbocycles. The molecule has 4 heteroatoms. The van der Waals surface area contributed by atoms with Crippen LogP contribution in [0.1, 0.15) is 0 Å². The van der Waals surface area contributed by atoms with Crippen molar-refractivity contribution < 1.29 is 4.74 Å². The van der Waals surface area contributed by atoms with Gasteiger partial charge in [0.05, 0.1) is 11.9 Å². The lowest BCUT2D eigenvalue weighted by Gasteiger charge is -2.06. The first-order chi connectivity index (χ1) is 9.20. The fourth-order valence-corrected chi connectivity index (χ4v) is 2.21. The van der Waals surface area contributed by atoms with E-state index in [0.717, 1.165) is 21.0 Å². The van der Waals surface area contributed by atoms with Gasteiger partial charge < -0.3 is 10.5 Å². The molecule has 0 radical (unpaired) electrons. The summed E-state index contributed by atoms with van der Waals surface area (Å²) in [6.45, 7) is 0. The highest BCUT2D eigenvalue weighted by molar-refractivity contribution is 9.10. The van der Waals surface area contributed by atoms with Crippen LogP contribution in [0.5, 0.6) is 11.6 Å². The lowest BCUT2D eigenvalue weighted by molar-refractivity contribution is 0.464. The largest absolute Gasteiger partial charge is 0.439 e. The van der Waals surface area contributed by atoms with Crippen LogP contribution in [0, 0.1) is 0 Å². The van der Waals surface area contributed by atoms with Crippen LogP contribution in [0.25, 0.3) is 10.8 Å². The van der Waals surface area contributed by atoms with E-state index in [0.29, 0.717) is 11.6 Å². The van der Waals surface area contributed by atoms with E-state index >= 15 is 0 Å². The monoisotopic (exact) mass is 314 g/mol. The second-order valence-electron chi connectivity index (χ2n) is 4.19. The molecule has 1 heterocycles. The first-order valence-corrected chi connectivity index (χ1v) is 6.59. The average Bonchev–Trinajstić information content (AvgIpc) is 2.42. The quantitative estimate of drug-likeness (QED) is 0.764. The lowest BCUT2D eigenvalue weighted by atomic mass is 10.1. The Morgan fingerprint density at radius 3 is 2.53 bits per heavy atom. The standard InChI is InChI=1S/C15H11BrN2O/c16-12-3-1-11-8-14(5-2-10(11)7-12)19-15-6-4-13(17)9-18-15/h1-9H,17H2. The fourth-order valence-electron chi connectivity index (χ4n) is 1.83. The van der Waals surface area contributed by atoms with E-state index in [4.69, 9.17) is 10.5 Å². The Bertz CT molecular complexity index is 726. The first-order valence-electron chi connectivity index (χ1n) is 5.79. The van der Waals surface area contributed by atoms with Gasteiger partial charge in [0.15, 0.2) is 0 Å². The van der Waals surface area contributed by atoms with Gasteiger partial charge in [-0.25, -0.2) is 4.98 Å². The van der Waals surface area contributed by atoms with Crippen LogP contribution >= 0.6 is 15.9 Å². The third-order valence-electron chi connectivity index (χ3n) is 2.76. The third kappa shape index (κ3) is 2.69. The van der Waals surface area contributed by atoms with Gasteiger partial charge in [-0.3, -0.25) is 0 Å². The van der Waals surface area contributed by atoms with Crippen molar-refractivity contribution in [3.8, 4) is 11.6 Å². The Labute approximate surface area is 119 Å². The molecule has 3 rings (SSSR count). The molecule has 0 saturated heterocycles. The van der Waals surface area contributed by atoms with E-state index in [1.165, 1.54) is 0 Å². The Hall–Kier alpha value is -2.07. The van der Waals surface area contributed by atoms with Crippen LogP contribution in [0.3, 0.4) is 0 Å². The van der Waals surface area contributed by atoms with Crippen molar-refractivity contribution in [2.75, 3.05) is 5.73 Å². The smallest absolute Gasteiger partial charge is 0.219 e. The average molecular weight is 315 g/mol. The Morgan fingerprint density at radius 1 is 0.947 bits per heavy atom. The maximum absolute atomic E-state index is 5.69. The minimum atomic E-state index is 0.533. The molecule has 0 bridgehead atoms. The molecule has 0 amide bonds. The van der Waals surface area contributed by atoms with Crippen molar-refractivity contribution in [2.45, 2.75) is 0 Å². The number of anilines is 1. The lowest BCUT2D eigenvalue weighted by Crippen LogP contribution is -1.90. The van der Waals surface area contributed by atoms with E-state index in [-0.39, 0.29) is 0 Å². The molecule has 3 aromatic rings. The molecule has 0 spiro atoms. The number of pyridine rings is 1. The molecule has 2 N–H and O–H groups in total. The summed E-state index contributed by atoms with van der Waals surface area (Å²) in [6, 6.07) is 15.6. The Kier molecular flexibility index (Phi) is 3.09. The number of fused-ring (bicyclic) bond motifs is 1. The number of nitrogen functional groups attached to an aromatic ring is 1. The number of nitrogens with two attached hydrogens (primary N) is 1. The van der Waals surface area contributed by atoms with Crippen molar-refractivity contribution in [3.63, 3.8) is 0 Å². The molecule has 0 unspecified atom stereocenters. The summed E-state index contributed by atoms with van der Waals surface area (Å²) in [6.07, 6.45) is 1.58. The number of hydrogen-bond acceptors (Lipinski definition) is 3. The highest BCUT2D eigenvalue weighted by Gasteiger charge is 2.01. The first kappa shape index (κ1) is 12.0.